The van der Waals surface area contributed by atoms with Crippen LogP contribution >= 0.6 is 0 Å². The molecule has 7 aliphatic heterocycles. The topological polar surface area (TPSA) is 565 Å². The molecule has 450 valence electrons. The molecule has 0 aromatic rings. The van der Waals surface area contributed by atoms with E-state index in [1.54, 1.807) is 0 Å². The Labute approximate surface area is 435 Å². The SMILES string of the molecule is OC[C@H]1O[C@H](OC[C@H]2O[C@H](O[C@H]3[C@H](O)[C@@H](CO[C@H]4O[C@H](CO[C@H]5O[C@H](CO)[C@@H](O)[C@H](O)[C@@H]5O[C@H]5O[C@H](CO)[C@@H](O)[C@H](O)[C@@H]5O)[C@@H](O)[C@H](O)[C@@H]4O)O[C@@H]3CO)[C@H](O[C@H]3O[C@H](CO)[C@H](O)[C@H](O)[C@H]3O)[C@@H](O)[C@H]2O)[C@H](O)[C@@H](O)[C@H]1O. The maximum atomic E-state index is 11.6. The van der Waals surface area contributed by atoms with E-state index in [0.717, 1.165) is 0 Å². The number of hydrogen-bond acceptors (Lipinski definition) is 35. The maximum absolute atomic E-state index is 11.6. The van der Waals surface area contributed by atoms with Gasteiger partial charge in [-0.2, -0.15) is 0 Å². The molecule has 7 saturated heterocycles. The lowest BCUT2D eigenvalue weighted by Gasteiger charge is -2.47. The van der Waals surface area contributed by atoms with Crippen molar-refractivity contribution in [2.75, 3.05) is 52.9 Å². The third-order valence-electron chi connectivity index (χ3n) is 14.4. The van der Waals surface area contributed by atoms with Crippen LogP contribution in [0.1, 0.15) is 0 Å². The molecule has 0 amide bonds. The summed E-state index contributed by atoms with van der Waals surface area (Å²) >= 11 is 0. The van der Waals surface area contributed by atoms with Gasteiger partial charge >= 0.3 is 0 Å². The largest absolute Gasteiger partial charge is 0.394 e. The number of hydrogen-bond donors (Lipinski definition) is 22. The quantitative estimate of drug-likeness (QED) is 0.0538. The first-order valence-electron chi connectivity index (χ1n) is 24.5. The molecule has 0 saturated carbocycles. The van der Waals surface area contributed by atoms with Crippen LogP contribution in [0.2, 0.25) is 0 Å². The highest BCUT2D eigenvalue weighted by molar-refractivity contribution is 4.99. The first-order valence-corrected chi connectivity index (χ1v) is 24.5. The fourth-order valence-electron chi connectivity index (χ4n) is 9.69. The summed E-state index contributed by atoms with van der Waals surface area (Å²) in [5, 5.41) is 231. The van der Waals surface area contributed by atoms with Gasteiger partial charge in [-0.05, 0) is 0 Å². The minimum Gasteiger partial charge on any atom is -0.394 e. The van der Waals surface area contributed by atoms with E-state index in [0.29, 0.717) is 0 Å². The molecular weight excluding hydrogens is 1060 g/mol. The fraction of sp³-hybridized carbons (Fsp3) is 1.00. The molecule has 35 nitrogen and oxygen atoms in total. The van der Waals surface area contributed by atoms with Crippen molar-refractivity contribution in [2.24, 2.45) is 0 Å². The van der Waals surface area contributed by atoms with Gasteiger partial charge in [-0.15, -0.1) is 0 Å². The second-order valence-electron chi connectivity index (χ2n) is 19.5. The van der Waals surface area contributed by atoms with Crippen LogP contribution in [0.4, 0.5) is 0 Å². The van der Waals surface area contributed by atoms with Crippen LogP contribution in [0.25, 0.3) is 0 Å². The van der Waals surface area contributed by atoms with Crippen molar-refractivity contribution in [1.29, 1.82) is 0 Å². The Kier molecular flexibility index (Phi) is 22.4. The molecule has 7 rings (SSSR count). The van der Waals surface area contributed by atoms with Crippen LogP contribution in [0.5, 0.6) is 0 Å². The molecule has 22 N–H and O–H groups in total. The normalized spacial score (nSPS) is 52.9. The highest BCUT2D eigenvalue weighted by Crippen LogP contribution is 2.36. The summed E-state index contributed by atoms with van der Waals surface area (Å²) in [4.78, 5) is 0. The zero-order chi connectivity index (χ0) is 56.5. The van der Waals surface area contributed by atoms with Crippen molar-refractivity contribution in [3.05, 3.63) is 0 Å². The maximum Gasteiger partial charge on any atom is 0.187 e. The number of aliphatic hydroxyl groups excluding tert-OH is 22. The van der Waals surface area contributed by atoms with E-state index in [9.17, 15) is 112 Å². The molecule has 35 heteroatoms. The fourth-order valence-corrected chi connectivity index (χ4v) is 9.69. The summed E-state index contributed by atoms with van der Waals surface area (Å²) in [5.74, 6) is 0. The van der Waals surface area contributed by atoms with Gasteiger partial charge in [0.15, 0.2) is 37.7 Å². The average Bonchev–Trinajstić information content (AvgIpc) is 3.73. The van der Waals surface area contributed by atoms with Crippen molar-refractivity contribution < 1.29 is 174 Å². The van der Waals surface area contributed by atoms with Crippen LogP contribution in [-0.4, -0.2) is 374 Å². The van der Waals surface area contributed by atoms with E-state index in [-0.39, 0.29) is 0 Å². The Hall–Kier alpha value is -1.40. The zero-order valence-corrected chi connectivity index (χ0v) is 40.4. The molecule has 7 aliphatic rings. The molecule has 0 aromatic heterocycles. The van der Waals surface area contributed by atoms with Gasteiger partial charge < -0.3 is 174 Å². The lowest BCUT2D eigenvalue weighted by atomic mass is 9.97. The molecule has 7 heterocycles. The monoisotopic (exact) mass is 1140 g/mol. The molecule has 0 aliphatic carbocycles. The van der Waals surface area contributed by atoms with Crippen LogP contribution in [0.3, 0.4) is 0 Å². The Morgan fingerprint density at radius 2 is 0.468 bits per heavy atom. The molecule has 34 atom stereocenters. The van der Waals surface area contributed by atoms with Gasteiger partial charge in [-0.3, -0.25) is 0 Å². The Morgan fingerprint density at radius 1 is 0.208 bits per heavy atom. The molecule has 0 radical (unpaired) electrons. The lowest BCUT2D eigenvalue weighted by Crippen LogP contribution is -2.65. The molecule has 0 spiro atoms. The first-order chi connectivity index (χ1) is 36.5. The van der Waals surface area contributed by atoms with Gasteiger partial charge in [-0.1, -0.05) is 0 Å². The third kappa shape index (κ3) is 13.4. The van der Waals surface area contributed by atoms with Gasteiger partial charge in [0, 0.05) is 0 Å². The Bertz CT molecular complexity index is 1780. The molecule has 0 unspecified atom stereocenters. The molecule has 0 bridgehead atoms. The smallest absolute Gasteiger partial charge is 0.187 e. The minimum atomic E-state index is -2.15. The van der Waals surface area contributed by atoms with E-state index < -0.39 is 262 Å². The van der Waals surface area contributed by atoms with E-state index in [4.69, 9.17) is 61.6 Å². The summed E-state index contributed by atoms with van der Waals surface area (Å²) in [7, 11) is 0. The van der Waals surface area contributed by atoms with E-state index in [2.05, 4.69) is 0 Å². The zero-order valence-electron chi connectivity index (χ0n) is 40.4. The van der Waals surface area contributed by atoms with Gasteiger partial charge in [-0.25, -0.2) is 0 Å². The van der Waals surface area contributed by atoms with Crippen molar-refractivity contribution in [3.63, 3.8) is 0 Å². The second kappa shape index (κ2) is 27.3. The number of aliphatic hydroxyl groups is 22. The van der Waals surface area contributed by atoms with Crippen LogP contribution in [0, 0.1) is 0 Å². The number of rotatable bonds is 20. The standard InChI is InChI=1S/C42H72O35/c43-1-9-17(48)24(55)30(61)37(69-9)65-6-15-22(53)29(60)36(77-40-33(64)26(57)19(50)11(3-45)71-40)42(74-15)75-34-13(5-47)68-16(23(34)54)8-66-38-31(62)27(58)21(52)14(73-38)7-67-41-35(28(59)20(51)12(4-46)72-41)76-39-32(63)25(56)18(49)10(2-44)70-39/h9-64H,1-8H2/t9-,10-,11-,12-,13-,14-,15-,16-,17+,18-,19+,20-,21-,22+,23-,24+,25+,26+,27+,28+,29+,30-,31+,32+,33-,34-,35+,36-,37+,38+,39-,40-,41+,42-/m1/s1. The third-order valence-corrected chi connectivity index (χ3v) is 14.4. The van der Waals surface area contributed by atoms with Crippen LogP contribution in [0.15, 0.2) is 0 Å². The van der Waals surface area contributed by atoms with E-state index in [1.165, 1.54) is 0 Å². The summed E-state index contributed by atoms with van der Waals surface area (Å²) in [5.41, 5.74) is 0. The number of ether oxygens (including phenoxy) is 13. The van der Waals surface area contributed by atoms with Crippen molar-refractivity contribution in [1.82, 2.24) is 0 Å². The first kappa shape index (κ1) is 63.2. The highest BCUT2D eigenvalue weighted by atomic mass is 16.8. The van der Waals surface area contributed by atoms with Crippen molar-refractivity contribution >= 4 is 0 Å². The summed E-state index contributed by atoms with van der Waals surface area (Å²) in [6, 6.07) is 0. The van der Waals surface area contributed by atoms with E-state index >= 15 is 0 Å². The van der Waals surface area contributed by atoms with Crippen molar-refractivity contribution in [2.45, 2.75) is 209 Å². The van der Waals surface area contributed by atoms with Gasteiger partial charge in [0.25, 0.3) is 0 Å². The molecular formula is C42H72O35. The Morgan fingerprint density at radius 3 is 0.870 bits per heavy atom. The minimum absolute atomic E-state index is 0.786. The molecule has 0 aromatic carbocycles. The van der Waals surface area contributed by atoms with Crippen LogP contribution < -0.4 is 0 Å². The predicted octanol–water partition coefficient (Wildman–Crippen LogP) is -15.6. The van der Waals surface area contributed by atoms with E-state index in [1.807, 2.05) is 0 Å². The van der Waals surface area contributed by atoms with Gasteiger partial charge in [0.05, 0.1) is 52.9 Å². The lowest BCUT2D eigenvalue weighted by molar-refractivity contribution is -0.378. The van der Waals surface area contributed by atoms with Gasteiger partial charge in [0.2, 0.25) is 0 Å². The van der Waals surface area contributed by atoms with Crippen LogP contribution in [-0.2, 0) is 61.6 Å². The van der Waals surface area contributed by atoms with Crippen molar-refractivity contribution in [3.8, 4) is 0 Å². The summed E-state index contributed by atoms with van der Waals surface area (Å²) in [6.45, 7) is -6.89. The summed E-state index contributed by atoms with van der Waals surface area (Å²) < 4.78 is 73.3. The second-order valence-corrected chi connectivity index (χ2v) is 19.5. The average molecular weight is 1140 g/mol. The molecule has 77 heavy (non-hydrogen) atoms. The van der Waals surface area contributed by atoms with Gasteiger partial charge in [0.1, 0.15) is 171 Å². The highest BCUT2D eigenvalue weighted by Gasteiger charge is 2.57. The summed E-state index contributed by atoms with van der Waals surface area (Å²) in [6.07, 6.45) is -62.9. The Balaban J connectivity index is 1.03. The predicted molar refractivity (Wildman–Crippen MR) is 231 cm³/mol. The molecule has 7 fully saturated rings.